The first-order valence-corrected chi connectivity index (χ1v) is 35.1. The van der Waals surface area contributed by atoms with Gasteiger partial charge in [0.15, 0.2) is 13.2 Å². The molecule has 2 heterocycles. The van der Waals surface area contributed by atoms with Crippen molar-refractivity contribution >= 4 is 62.1 Å². The molecule has 2 aromatic heterocycles. The van der Waals surface area contributed by atoms with Gasteiger partial charge >= 0.3 is 0 Å². The summed E-state index contributed by atoms with van der Waals surface area (Å²) in [5, 5.41) is 33.3. The number of nitrogens with zero attached hydrogens (tertiary/aromatic N) is 2. The highest BCUT2D eigenvalue weighted by Crippen LogP contribution is 2.52. The van der Waals surface area contributed by atoms with Crippen LogP contribution in [0, 0.1) is 71.3 Å². The summed E-state index contributed by atoms with van der Waals surface area (Å²) in [6.45, 7) is 37.9. The normalized spacial score (nSPS) is 12.8. The Morgan fingerprint density at radius 2 is 0.791 bits per heavy atom. The third kappa shape index (κ3) is 12.3. The molecular weight excluding hydrogens is 1140 g/mol. The molecule has 11 aromatic rings. The first-order chi connectivity index (χ1) is 42.6. The summed E-state index contributed by atoms with van der Waals surface area (Å²) >= 11 is 0. The summed E-state index contributed by atoms with van der Waals surface area (Å²) in [6, 6.07) is 51.5. The van der Waals surface area contributed by atoms with Crippen LogP contribution in [0.25, 0.3) is 77.2 Å². The van der Waals surface area contributed by atoms with Crippen molar-refractivity contribution < 1.29 is 27.7 Å². The van der Waals surface area contributed by atoms with Crippen molar-refractivity contribution in [3.05, 3.63) is 216 Å². The van der Waals surface area contributed by atoms with Crippen molar-refractivity contribution in [1.82, 2.24) is 9.13 Å². The lowest BCUT2D eigenvalue weighted by atomic mass is 9.71. The van der Waals surface area contributed by atoms with Crippen LogP contribution in [0.5, 0.6) is 23.0 Å². The summed E-state index contributed by atoms with van der Waals surface area (Å²) in [6.07, 6.45) is 2.14. The molecule has 0 unspecified atom stereocenters. The van der Waals surface area contributed by atoms with Gasteiger partial charge < -0.3 is 28.1 Å². The summed E-state index contributed by atoms with van der Waals surface area (Å²) in [5.74, 6) is 0.394. The van der Waals surface area contributed by atoms with E-state index >= 15 is 8.78 Å². The van der Waals surface area contributed by atoms with Crippen molar-refractivity contribution in [1.29, 1.82) is 0 Å². The van der Waals surface area contributed by atoms with E-state index in [0.29, 0.717) is 75.9 Å². The Kier molecular flexibility index (Phi) is 16.6. The first-order valence-electron chi connectivity index (χ1n) is 32.1. The lowest BCUT2D eigenvalue weighted by Gasteiger charge is -2.35. The third-order valence-electron chi connectivity index (χ3n) is 18.8. The summed E-state index contributed by atoms with van der Waals surface area (Å²) < 4.78 is 43.2. The molecule has 9 heteroatoms. The number of fused-ring (bicyclic) bond motifs is 6. The topological polar surface area (TPSA) is 55.7 Å². The maximum atomic E-state index is 16.4. The van der Waals surface area contributed by atoms with E-state index in [1.807, 2.05) is 19.9 Å². The van der Waals surface area contributed by atoms with Crippen LogP contribution >= 0.6 is 0 Å². The molecule has 6 nitrogen and oxygen atoms in total. The minimum atomic E-state index is -2.21. The maximum Gasteiger partial charge on any atom is 0.237 e. The molecule has 11 rings (SSSR count). The Hall–Kier alpha value is -8.14. The summed E-state index contributed by atoms with van der Waals surface area (Å²) in [5.41, 5.74) is 12.8. The second-order valence-corrected chi connectivity index (χ2v) is 34.8. The van der Waals surface area contributed by atoms with E-state index in [0.717, 1.165) is 84.3 Å². The first kappa shape index (κ1) is 64.4. The Morgan fingerprint density at radius 1 is 0.429 bits per heavy atom. The van der Waals surface area contributed by atoms with Crippen LogP contribution in [0.2, 0.25) is 13.1 Å². The van der Waals surface area contributed by atoms with E-state index in [1.165, 1.54) is 34.6 Å². The monoisotopic (exact) mass is 1230 g/mol. The van der Waals surface area contributed by atoms with Gasteiger partial charge in [-0.3, -0.25) is 0 Å². The Bertz CT molecular complexity index is 4590. The van der Waals surface area contributed by atoms with E-state index in [4.69, 9.17) is 0 Å². The van der Waals surface area contributed by atoms with Crippen molar-refractivity contribution in [2.45, 2.75) is 147 Å². The average Bonchev–Trinajstić information content (AvgIpc) is 1.65. The summed E-state index contributed by atoms with van der Waals surface area (Å²) in [7, 11) is 6.95. The smallest absolute Gasteiger partial charge is 0.237 e. The van der Waals surface area contributed by atoms with Crippen LogP contribution in [0.15, 0.2) is 152 Å². The van der Waals surface area contributed by atoms with Gasteiger partial charge in [0.05, 0.1) is 44.6 Å². The number of hydrogen-bond donors (Lipinski definition) is 2. The van der Waals surface area contributed by atoms with E-state index in [2.05, 4.69) is 257 Å². The Labute approximate surface area is 540 Å². The van der Waals surface area contributed by atoms with Crippen molar-refractivity contribution in [3.63, 3.8) is 0 Å². The molecular formula is C82H92F2N2O4Si. The highest BCUT2D eigenvalue weighted by molar-refractivity contribution is 7.00. The zero-order valence-corrected chi connectivity index (χ0v) is 57.7. The largest absolute Gasteiger partial charge is 0.711 e. The number of phenols is 2. The predicted molar refractivity (Wildman–Crippen MR) is 383 cm³/mol. The Morgan fingerprint density at radius 3 is 1.16 bits per heavy atom. The van der Waals surface area contributed by atoms with Crippen LogP contribution < -0.4 is 10.4 Å². The molecule has 91 heavy (non-hydrogen) atoms. The number of phenolic OH excluding ortho intramolecular Hbond substituents is 2. The molecule has 0 bridgehead atoms. The minimum Gasteiger partial charge on any atom is -0.711 e. The van der Waals surface area contributed by atoms with Crippen LogP contribution in [-0.4, -0.2) is 40.6 Å². The quantitative estimate of drug-likeness (QED) is 0.0575. The number of aryl methyl sites for hydroxylation is 5. The number of halogens is 2. The Balaban J connectivity index is 1.01. The van der Waals surface area contributed by atoms with E-state index in [1.54, 1.807) is 0 Å². The zero-order chi connectivity index (χ0) is 65.8. The van der Waals surface area contributed by atoms with Gasteiger partial charge in [-0.25, -0.2) is 8.78 Å². The number of rotatable bonds is 16. The molecule has 0 amide bonds. The maximum absolute atomic E-state index is 16.4. The van der Waals surface area contributed by atoms with E-state index in [-0.39, 0.29) is 27.7 Å². The highest BCUT2D eigenvalue weighted by Gasteiger charge is 2.35. The molecule has 0 saturated carbocycles. The van der Waals surface area contributed by atoms with Gasteiger partial charge in [0, 0.05) is 43.8 Å². The fourth-order valence-corrected chi connectivity index (χ4v) is 17.5. The van der Waals surface area contributed by atoms with Gasteiger partial charge in [0.25, 0.3) is 0 Å². The molecule has 0 saturated heterocycles. The van der Waals surface area contributed by atoms with Gasteiger partial charge in [-0.05, 0) is 184 Å². The molecule has 0 aliphatic heterocycles. The SMILES string of the molecule is [CH2-][O+](CCC[O+]([CH2-])c1c(C)cc(F)cc1-c1cc(C(C)(C)CC(C)(C)C)cc(-n2c3cc(C)ccc3c3ccc([Si](C)(C)c4ccccc4)cc32)c1O)c1c(C)cc(F)cc1-c1cc(C(C)(C)CC(C)(C)C)cc(-n2c3cc(C)ccc3c3ccc(C)cc32)c1O. The van der Waals surface area contributed by atoms with Crippen molar-refractivity contribution in [3.8, 4) is 56.6 Å². The van der Waals surface area contributed by atoms with Crippen LogP contribution in [0.4, 0.5) is 8.78 Å². The van der Waals surface area contributed by atoms with E-state index < -0.39 is 25.1 Å². The molecule has 0 aliphatic carbocycles. The van der Waals surface area contributed by atoms with Crippen LogP contribution in [-0.2, 0) is 19.6 Å². The molecule has 472 valence electrons. The average molecular weight is 1240 g/mol. The molecule has 9 aromatic carbocycles. The molecule has 2 N–H and O–H groups in total. The number of aromatic nitrogens is 2. The third-order valence-corrected chi connectivity index (χ3v) is 22.3. The zero-order valence-electron chi connectivity index (χ0n) is 56.7. The van der Waals surface area contributed by atoms with E-state index in [9.17, 15) is 10.2 Å². The predicted octanol–water partition coefficient (Wildman–Crippen LogP) is 21.9. The second-order valence-electron chi connectivity index (χ2n) is 30.4. The fourth-order valence-electron chi connectivity index (χ4n) is 15.2. The second kappa shape index (κ2) is 23.5. The van der Waals surface area contributed by atoms with Gasteiger partial charge in [0.1, 0.15) is 37.6 Å². The molecule has 0 aliphatic rings. The molecule has 0 spiro atoms. The lowest BCUT2D eigenvalue weighted by molar-refractivity contribution is -0.0170. The highest BCUT2D eigenvalue weighted by atomic mass is 28.3. The molecule has 0 fully saturated rings. The van der Waals surface area contributed by atoms with Gasteiger partial charge in [-0.2, -0.15) is 0 Å². The van der Waals surface area contributed by atoms with Crippen LogP contribution in [0.3, 0.4) is 0 Å². The molecule has 0 atom stereocenters. The number of benzene rings is 9. The summed E-state index contributed by atoms with van der Waals surface area (Å²) in [4.78, 5) is 0. The van der Waals surface area contributed by atoms with Crippen molar-refractivity contribution in [2.24, 2.45) is 10.8 Å². The lowest BCUT2D eigenvalue weighted by Crippen LogP contribution is -2.52. The fraction of sp³-hybridized carbons (Fsp3) is 0.317. The minimum absolute atomic E-state index is 0.0279. The van der Waals surface area contributed by atoms with Crippen molar-refractivity contribution in [2.75, 3.05) is 13.2 Å². The number of aromatic hydroxyl groups is 2. The van der Waals surface area contributed by atoms with Gasteiger partial charge in [-0.1, -0.05) is 172 Å². The van der Waals surface area contributed by atoms with Gasteiger partial charge in [0.2, 0.25) is 11.5 Å². The number of hydrogen-bond acceptors (Lipinski definition) is 2. The van der Waals surface area contributed by atoms with Crippen LogP contribution in [0.1, 0.15) is 127 Å². The van der Waals surface area contributed by atoms with Gasteiger partial charge in [-0.15, -0.1) is 0 Å². The standard InChI is InChI=1S/C82H92F2N2O4Si/c1-50-26-30-61-62-31-27-51(2)37-70(62)85(69(61)36-50)73-43-55(81(12,13)48-79(6,7)8)41-65(75(73)87)67-45-57(83)39-53(4)77(67)89(16)34-23-35-90(17)78-54(5)40-58(84)46-68(78)66-42-56(82(14,15)49-80(9,10)11)44-74(76(66)88)86-71-38-52(3)28-32-63(71)64-33-29-60(47-72(64)86)91(18,19)59-24-21-20-22-25-59/h20-22,24-33,36-47,87-88H,16-17,23,34-35,48-49H2,1-15,18-19H3. The molecule has 0 radical (unpaired) electrons.